The van der Waals surface area contributed by atoms with Gasteiger partial charge in [-0.1, -0.05) is 0 Å². The second-order valence-corrected chi connectivity index (χ2v) is 3.06. The Balaban J connectivity index is 4.62. The van der Waals surface area contributed by atoms with Crippen molar-refractivity contribution in [2.45, 2.75) is 26.2 Å². The monoisotopic (exact) mass is 186 g/mol. The first-order valence-electron chi connectivity index (χ1n) is 4.26. The average molecular weight is 186 g/mol. The second kappa shape index (κ2) is 5.58. The van der Waals surface area contributed by atoms with Crippen LogP contribution < -0.4 is 0 Å². The van der Waals surface area contributed by atoms with Gasteiger partial charge >= 0.3 is 0 Å². The van der Waals surface area contributed by atoms with E-state index in [1.54, 1.807) is 6.92 Å². The third-order valence-electron chi connectivity index (χ3n) is 2.19. The first-order chi connectivity index (χ1) is 6.66. The number of unbranched alkanes of at least 4 members (excludes halogenated alkanes) is 1. The highest BCUT2D eigenvalue weighted by Gasteiger charge is 2.36. The van der Waals surface area contributed by atoms with E-state index in [-0.39, 0.29) is 6.42 Å². The zero-order chi connectivity index (χ0) is 11.0. The molecule has 0 aromatic carbocycles. The molecule has 0 amide bonds. The zero-order valence-electron chi connectivity index (χ0n) is 7.99. The van der Waals surface area contributed by atoms with E-state index < -0.39 is 11.3 Å². The Morgan fingerprint density at radius 1 is 1.14 bits per heavy atom. The molecule has 0 heterocycles. The molecule has 0 aliphatic heterocycles. The molecule has 0 aliphatic rings. The van der Waals surface area contributed by atoms with Crippen molar-refractivity contribution in [1.29, 1.82) is 21.0 Å². The number of hydrogen-bond donors (Lipinski definition) is 0. The highest BCUT2D eigenvalue weighted by Crippen LogP contribution is 2.31. The van der Waals surface area contributed by atoms with Crippen molar-refractivity contribution in [2.75, 3.05) is 0 Å². The van der Waals surface area contributed by atoms with Gasteiger partial charge in [-0.15, -0.1) is 0 Å². The van der Waals surface area contributed by atoms with Crippen LogP contribution in [0.3, 0.4) is 0 Å². The topological polar surface area (TPSA) is 95.2 Å². The van der Waals surface area contributed by atoms with Gasteiger partial charge < -0.3 is 0 Å². The fourth-order valence-electron chi connectivity index (χ4n) is 1.10. The maximum Gasteiger partial charge on any atom is 0.159 e. The van der Waals surface area contributed by atoms with Crippen molar-refractivity contribution in [3.63, 3.8) is 0 Å². The van der Waals surface area contributed by atoms with Crippen molar-refractivity contribution in [2.24, 2.45) is 11.3 Å². The summed E-state index contributed by atoms with van der Waals surface area (Å²) < 4.78 is 0. The van der Waals surface area contributed by atoms with Crippen molar-refractivity contribution < 1.29 is 0 Å². The predicted octanol–water partition coefficient (Wildman–Crippen LogP) is 1.87. The maximum absolute atomic E-state index is 8.87. The van der Waals surface area contributed by atoms with Crippen molar-refractivity contribution in [3.05, 3.63) is 0 Å². The molecule has 0 radical (unpaired) electrons. The van der Waals surface area contributed by atoms with Crippen LogP contribution in [0.15, 0.2) is 0 Å². The molecule has 0 rings (SSSR count). The molecule has 1 unspecified atom stereocenters. The first kappa shape index (κ1) is 12.0. The average Bonchev–Trinajstić information content (AvgIpc) is 2.24. The zero-order valence-corrected chi connectivity index (χ0v) is 7.99. The van der Waals surface area contributed by atoms with Crippen molar-refractivity contribution in [1.82, 2.24) is 0 Å². The van der Waals surface area contributed by atoms with Gasteiger partial charge in [0.1, 0.15) is 0 Å². The fourth-order valence-corrected chi connectivity index (χ4v) is 1.10. The molecule has 4 heteroatoms. The van der Waals surface area contributed by atoms with Gasteiger partial charge in [0, 0.05) is 6.42 Å². The summed E-state index contributed by atoms with van der Waals surface area (Å²) >= 11 is 0. The number of nitriles is 4. The van der Waals surface area contributed by atoms with Crippen LogP contribution in [0, 0.1) is 56.7 Å². The van der Waals surface area contributed by atoms with E-state index in [1.165, 1.54) is 0 Å². The molecule has 14 heavy (non-hydrogen) atoms. The lowest BCUT2D eigenvalue weighted by Crippen LogP contribution is -2.24. The molecule has 0 aromatic rings. The summed E-state index contributed by atoms with van der Waals surface area (Å²) in [5.41, 5.74) is -1.26. The standard InChI is InChI=1S/C10H10N4/c1-9(6-12)10(7-13,8-14)4-2-3-5-11/h9H,2-4H2,1H3. The van der Waals surface area contributed by atoms with Crippen LogP contribution in [0.4, 0.5) is 0 Å². The number of hydrogen-bond acceptors (Lipinski definition) is 4. The van der Waals surface area contributed by atoms with E-state index in [0.29, 0.717) is 12.8 Å². The molecule has 0 fully saturated rings. The molecule has 70 valence electrons. The first-order valence-corrected chi connectivity index (χ1v) is 4.26. The van der Waals surface area contributed by atoms with Crippen LogP contribution >= 0.6 is 0 Å². The third kappa shape index (κ3) is 2.48. The predicted molar refractivity (Wildman–Crippen MR) is 47.9 cm³/mol. The third-order valence-corrected chi connectivity index (χ3v) is 2.19. The Morgan fingerprint density at radius 2 is 1.71 bits per heavy atom. The molecule has 4 nitrogen and oxygen atoms in total. The van der Waals surface area contributed by atoms with Crippen molar-refractivity contribution in [3.8, 4) is 24.3 Å². The summed E-state index contributed by atoms with van der Waals surface area (Å²) in [5, 5.41) is 34.7. The minimum atomic E-state index is -1.26. The van der Waals surface area contributed by atoms with Gasteiger partial charge in [0.2, 0.25) is 0 Å². The Hall–Kier alpha value is -2.04. The Bertz CT molecular complexity index is 330. The summed E-state index contributed by atoms with van der Waals surface area (Å²) in [5.74, 6) is -0.629. The summed E-state index contributed by atoms with van der Waals surface area (Å²) in [6.07, 6.45) is 1.06. The van der Waals surface area contributed by atoms with Gasteiger partial charge in [0.25, 0.3) is 0 Å². The smallest absolute Gasteiger partial charge is 0.159 e. The molecule has 0 saturated carbocycles. The van der Waals surface area contributed by atoms with E-state index in [0.717, 1.165) is 0 Å². The molecular weight excluding hydrogens is 176 g/mol. The lowest BCUT2D eigenvalue weighted by atomic mass is 9.76. The van der Waals surface area contributed by atoms with Crippen LogP contribution in [0.5, 0.6) is 0 Å². The molecule has 0 aromatic heterocycles. The van der Waals surface area contributed by atoms with E-state index in [1.807, 2.05) is 24.3 Å². The molecule has 0 aliphatic carbocycles. The second-order valence-electron chi connectivity index (χ2n) is 3.06. The fraction of sp³-hybridized carbons (Fsp3) is 0.600. The maximum atomic E-state index is 8.87. The summed E-state index contributed by atoms with van der Waals surface area (Å²) in [4.78, 5) is 0. The quantitative estimate of drug-likeness (QED) is 0.626. The van der Waals surface area contributed by atoms with Gasteiger partial charge in [-0.05, 0) is 19.8 Å². The van der Waals surface area contributed by atoms with E-state index in [4.69, 9.17) is 21.0 Å². The van der Waals surface area contributed by atoms with Gasteiger partial charge in [0.05, 0.1) is 30.2 Å². The molecule has 0 saturated heterocycles. The largest absolute Gasteiger partial charge is 0.198 e. The molecule has 0 bridgehead atoms. The highest BCUT2D eigenvalue weighted by molar-refractivity contribution is 5.19. The van der Waals surface area contributed by atoms with Crippen LogP contribution in [0.2, 0.25) is 0 Å². The number of rotatable bonds is 4. The van der Waals surface area contributed by atoms with Gasteiger partial charge in [-0.2, -0.15) is 21.0 Å². The molecule has 1 atom stereocenters. The lowest BCUT2D eigenvalue weighted by Gasteiger charge is -2.19. The lowest BCUT2D eigenvalue weighted by molar-refractivity contribution is 0.375. The van der Waals surface area contributed by atoms with E-state index >= 15 is 0 Å². The Kier molecular flexibility index (Phi) is 4.77. The van der Waals surface area contributed by atoms with Crippen LogP contribution in [-0.4, -0.2) is 0 Å². The minimum Gasteiger partial charge on any atom is -0.198 e. The Morgan fingerprint density at radius 3 is 2.07 bits per heavy atom. The van der Waals surface area contributed by atoms with Crippen LogP contribution in [0.25, 0.3) is 0 Å². The normalized spacial score (nSPS) is 11.5. The molecule has 0 N–H and O–H groups in total. The van der Waals surface area contributed by atoms with Crippen LogP contribution in [-0.2, 0) is 0 Å². The Labute approximate surface area is 83.6 Å². The van der Waals surface area contributed by atoms with Crippen LogP contribution in [0.1, 0.15) is 26.2 Å². The number of nitrogens with zero attached hydrogens (tertiary/aromatic N) is 4. The summed E-state index contributed by atoms with van der Waals surface area (Å²) in [6.45, 7) is 1.55. The van der Waals surface area contributed by atoms with Crippen molar-refractivity contribution >= 4 is 0 Å². The minimum absolute atomic E-state index is 0.280. The highest BCUT2D eigenvalue weighted by atomic mass is 14.5. The van der Waals surface area contributed by atoms with E-state index in [9.17, 15) is 0 Å². The van der Waals surface area contributed by atoms with E-state index in [2.05, 4.69) is 0 Å². The summed E-state index contributed by atoms with van der Waals surface area (Å²) in [7, 11) is 0. The molecule has 0 spiro atoms. The molecular formula is C10H10N4. The van der Waals surface area contributed by atoms with Gasteiger partial charge in [-0.25, -0.2) is 0 Å². The SMILES string of the molecule is CC(C#N)C(C#N)(C#N)CCCC#N. The summed E-state index contributed by atoms with van der Waals surface area (Å²) in [6, 6.07) is 7.61. The van der Waals surface area contributed by atoms with Gasteiger partial charge in [-0.3, -0.25) is 0 Å². The van der Waals surface area contributed by atoms with Gasteiger partial charge in [0.15, 0.2) is 5.41 Å².